The molecule has 0 spiro atoms. The molecule has 0 saturated heterocycles. The molecule has 0 aliphatic heterocycles. The van der Waals surface area contributed by atoms with Gasteiger partial charge in [-0.2, -0.15) is 0 Å². The average Bonchev–Trinajstić information content (AvgIpc) is 3.13. The zero-order chi connectivity index (χ0) is 17.9. The van der Waals surface area contributed by atoms with Crippen molar-refractivity contribution in [1.82, 2.24) is 5.32 Å². The standard InChI is InChI=1S/C19H20ClNO3S/c20-16-8-10-17(11-9-16)25(23,24)19(12-4-5-13-19)18(22)21-14-15-6-2-1-3-7-15/h1-3,6-11H,4-5,12-14H2,(H,21,22). The van der Waals surface area contributed by atoms with Gasteiger partial charge in [0.15, 0.2) is 14.6 Å². The maximum absolute atomic E-state index is 13.2. The van der Waals surface area contributed by atoms with Crippen molar-refractivity contribution in [2.45, 2.75) is 41.9 Å². The summed E-state index contributed by atoms with van der Waals surface area (Å²) in [5.41, 5.74) is 0.938. The molecular formula is C19H20ClNO3S. The lowest BCUT2D eigenvalue weighted by atomic mass is 10.1. The normalized spacial score (nSPS) is 16.5. The van der Waals surface area contributed by atoms with E-state index in [1.165, 1.54) is 12.1 Å². The van der Waals surface area contributed by atoms with Crippen LogP contribution in [0.1, 0.15) is 31.2 Å². The third kappa shape index (κ3) is 3.44. The number of sulfone groups is 1. The predicted octanol–water partition coefficient (Wildman–Crippen LogP) is 3.74. The van der Waals surface area contributed by atoms with Gasteiger partial charge in [-0.25, -0.2) is 8.42 Å². The van der Waals surface area contributed by atoms with Gasteiger partial charge in [-0.15, -0.1) is 0 Å². The van der Waals surface area contributed by atoms with Crippen molar-refractivity contribution in [3.05, 3.63) is 65.2 Å². The van der Waals surface area contributed by atoms with Gasteiger partial charge in [-0.05, 0) is 42.7 Å². The molecular weight excluding hydrogens is 358 g/mol. The van der Waals surface area contributed by atoms with Crippen LogP contribution in [-0.2, 0) is 21.2 Å². The lowest BCUT2D eigenvalue weighted by Crippen LogP contribution is -2.50. The van der Waals surface area contributed by atoms with Crippen LogP contribution in [0.4, 0.5) is 0 Å². The third-order valence-electron chi connectivity index (χ3n) is 4.76. The van der Waals surface area contributed by atoms with Crippen molar-refractivity contribution < 1.29 is 13.2 Å². The van der Waals surface area contributed by atoms with E-state index in [4.69, 9.17) is 11.6 Å². The first-order chi connectivity index (χ1) is 12.0. The van der Waals surface area contributed by atoms with E-state index in [-0.39, 0.29) is 4.90 Å². The van der Waals surface area contributed by atoms with Crippen LogP contribution in [0.2, 0.25) is 5.02 Å². The summed E-state index contributed by atoms with van der Waals surface area (Å²) in [6.45, 7) is 0.317. The number of nitrogens with one attached hydrogen (secondary N) is 1. The highest BCUT2D eigenvalue weighted by Gasteiger charge is 2.52. The number of halogens is 1. The van der Waals surface area contributed by atoms with Crippen molar-refractivity contribution in [1.29, 1.82) is 0 Å². The quantitative estimate of drug-likeness (QED) is 0.863. The first-order valence-corrected chi connectivity index (χ1v) is 10.1. The summed E-state index contributed by atoms with van der Waals surface area (Å²) in [5, 5.41) is 3.29. The lowest BCUT2D eigenvalue weighted by molar-refractivity contribution is -0.123. The van der Waals surface area contributed by atoms with Gasteiger partial charge in [0, 0.05) is 11.6 Å². The largest absolute Gasteiger partial charge is 0.351 e. The third-order valence-corrected chi connectivity index (χ3v) is 7.53. The van der Waals surface area contributed by atoms with Crippen LogP contribution in [0.15, 0.2) is 59.5 Å². The number of rotatable bonds is 5. The Labute approximate surface area is 153 Å². The fraction of sp³-hybridized carbons (Fsp3) is 0.316. The number of hydrogen-bond acceptors (Lipinski definition) is 3. The Hall–Kier alpha value is -1.85. The van der Waals surface area contributed by atoms with E-state index in [1.54, 1.807) is 12.1 Å². The highest BCUT2D eigenvalue weighted by atomic mass is 35.5. The summed E-state index contributed by atoms with van der Waals surface area (Å²) in [5.74, 6) is -0.413. The SMILES string of the molecule is O=C(NCc1ccccc1)C1(S(=O)(=O)c2ccc(Cl)cc2)CCCC1. The van der Waals surface area contributed by atoms with Gasteiger partial charge in [-0.1, -0.05) is 54.8 Å². The summed E-state index contributed by atoms with van der Waals surface area (Å²) >= 11 is 5.86. The molecule has 1 N–H and O–H groups in total. The maximum atomic E-state index is 13.2. The Bertz CT molecular complexity index is 842. The van der Waals surface area contributed by atoms with Crippen LogP contribution in [0.25, 0.3) is 0 Å². The molecule has 1 amide bonds. The molecule has 1 saturated carbocycles. The average molecular weight is 378 g/mol. The van der Waals surface area contributed by atoms with Gasteiger partial charge in [0.05, 0.1) is 4.90 Å². The second-order valence-corrected chi connectivity index (χ2v) is 9.02. The lowest BCUT2D eigenvalue weighted by Gasteiger charge is -2.27. The summed E-state index contributed by atoms with van der Waals surface area (Å²) < 4.78 is 25.0. The summed E-state index contributed by atoms with van der Waals surface area (Å²) in [7, 11) is -3.79. The molecule has 2 aromatic carbocycles. The molecule has 0 bridgehead atoms. The summed E-state index contributed by atoms with van der Waals surface area (Å²) in [6, 6.07) is 15.5. The van der Waals surface area contributed by atoms with Gasteiger partial charge >= 0.3 is 0 Å². The number of benzene rings is 2. The zero-order valence-electron chi connectivity index (χ0n) is 13.7. The minimum atomic E-state index is -3.79. The van der Waals surface area contributed by atoms with Crippen LogP contribution in [-0.4, -0.2) is 19.1 Å². The Kier molecular flexibility index (Phi) is 5.16. The number of carbonyl (C=O) groups excluding carboxylic acids is 1. The number of carbonyl (C=O) groups is 1. The van der Waals surface area contributed by atoms with Gasteiger partial charge in [-0.3, -0.25) is 4.79 Å². The van der Waals surface area contributed by atoms with Crippen molar-refractivity contribution in [2.24, 2.45) is 0 Å². The molecule has 0 heterocycles. The van der Waals surface area contributed by atoms with Crippen LogP contribution in [0.3, 0.4) is 0 Å². The van der Waals surface area contributed by atoms with E-state index in [0.29, 0.717) is 24.4 Å². The molecule has 1 aliphatic carbocycles. The van der Waals surface area contributed by atoms with E-state index in [9.17, 15) is 13.2 Å². The molecule has 2 aromatic rings. The molecule has 25 heavy (non-hydrogen) atoms. The van der Waals surface area contributed by atoms with E-state index >= 15 is 0 Å². The van der Waals surface area contributed by atoms with Crippen molar-refractivity contribution in [3.63, 3.8) is 0 Å². The molecule has 0 aromatic heterocycles. The summed E-state index contributed by atoms with van der Waals surface area (Å²) in [6.07, 6.45) is 2.15. The minimum absolute atomic E-state index is 0.147. The van der Waals surface area contributed by atoms with E-state index in [1.807, 2.05) is 30.3 Å². The molecule has 1 aliphatic rings. The van der Waals surface area contributed by atoms with Gasteiger partial charge in [0.25, 0.3) is 0 Å². The molecule has 0 unspecified atom stereocenters. The molecule has 1 fully saturated rings. The van der Waals surface area contributed by atoms with Gasteiger partial charge in [0.1, 0.15) is 0 Å². The Morgan fingerprint density at radius 2 is 1.60 bits per heavy atom. The fourth-order valence-corrected chi connectivity index (χ4v) is 5.56. The van der Waals surface area contributed by atoms with E-state index in [2.05, 4.69) is 5.32 Å². The highest BCUT2D eigenvalue weighted by molar-refractivity contribution is 7.93. The van der Waals surface area contributed by atoms with E-state index in [0.717, 1.165) is 18.4 Å². The fourth-order valence-electron chi connectivity index (χ4n) is 3.34. The Balaban J connectivity index is 1.88. The monoisotopic (exact) mass is 377 g/mol. The molecule has 3 rings (SSSR count). The maximum Gasteiger partial charge on any atom is 0.242 e. The first-order valence-electron chi connectivity index (χ1n) is 8.28. The summed E-state index contributed by atoms with van der Waals surface area (Å²) in [4.78, 5) is 13.1. The van der Waals surface area contributed by atoms with Gasteiger partial charge < -0.3 is 5.32 Å². The molecule has 0 atom stereocenters. The minimum Gasteiger partial charge on any atom is -0.351 e. The molecule has 4 nitrogen and oxygen atoms in total. The molecule has 132 valence electrons. The van der Waals surface area contributed by atoms with Crippen LogP contribution in [0.5, 0.6) is 0 Å². The van der Waals surface area contributed by atoms with Gasteiger partial charge in [0.2, 0.25) is 5.91 Å². The predicted molar refractivity (Wildman–Crippen MR) is 98.1 cm³/mol. The topological polar surface area (TPSA) is 63.2 Å². The Morgan fingerprint density at radius 3 is 2.20 bits per heavy atom. The smallest absolute Gasteiger partial charge is 0.242 e. The van der Waals surface area contributed by atoms with Crippen LogP contribution in [0, 0.1) is 0 Å². The molecule has 6 heteroatoms. The van der Waals surface area contributed by atoms with Crippen molar-refractivity contribution in [3.8, 4) is 0 Å². The van der Waals surface area contributed by atoms with Crippen LogP contribution >= 0.6 is 11.6 Å². The second-order valence-electron chi connectivity index (χ2n) is 6.33. The highest BCUT2D eigenvalue weighted by Crippen LogP contribution is 2.41. The Morgan fingerprint density at radius 1 is 1.00 bits per heavy atom. The second kappa shape index (κ2) is 7.18. The first kappa shape index (κ1) is 18.0. The number of amides is 1. The number of hydrogen-bond donors (Lipinski definition) is 1. The van der Waals surface area contributed by atoms with E-state index < -0.39 is 20.5 Å². The van der Waals surface area contributed by atoms with Crippen molar-refractivity contribution in [2.75, 3.05) is 0 Å². The zero-order valence-corrected chi connectivity index (χ0v) is 15.3. The molecule has 0 radical (unpaired) electrons. The van der Waals surface area contributed by atoms with Crippen molar-refractivity contribution >= 4 is 27.3 Å². The van der Waals surface area contributed by atoms with Crippen LogP contribution < -0.4 is 5.32 Å².